The first-order valence-electron chi connectivity index (χ1n) is 6.42. The largest absolute Gasteiger partial charge is 0.384 e. The molecule has 104 valence electrons. The van der Waals surface area contributed by atoms with Crippen molar-refractivity contribution < 1.29 is 0 Å². The van der Waals surface area contributed by atoms with E-state index in [1.54, 1.807) is 0 Å². The molecule has 0 aliphatic carbocycles. The van der Waals surface area contributed by atoms with Crippen molar-refractivity contribution in [2.24, 2.45) is 5.73 Å². The Labute approximate surface area is 127 Å². The van der Waals surface area contributed by atoms with Crippen molar-refractivity contribution in [1.29, 1.82) is 5.41 Å². The van der Waals surface area contributed by atoms with Crippen LogP contribution in [0, 0.1) is 5.41 Å². The molecule has 19 heavy (non-hydrogen) atoms. The number of nitrogens with zero attached hydrogens (tertiary/aromatic N) is 1. The topological polar surface area (TPSA) is 53.1 Å². The third-order valence-corrected chi connectivity index (χ3v) is 5.47. The summed E-state index contributed by atoms with van der Waals surface area (Å²) in [5.74, 6) is 1.25. The van der Waals surface area contributed by atoms with E-state index in [0.29, 0.717) is 4.75 Å². The van der Waals surface area contributed by atoms with Crippen LogP contribution in [-0.2, 0) is 0 Å². The molecule has 1 aliphatic heterocycles. The highest BCUT2D eigenvalue weighted by atomic mass is 79.9. The summed E-state index contributed by atoms with van der Waals surface area (Å²) in [4.78, 5) is 2.41. The maximum absolute atomic E-state index is 7.51. The monoisotopic (exact) mass is 341 g/mol. The third kappa shape index (κ3) is 3.66. The number of rotatable bonds is 2. The molecule has 0 aromatic heterocycles. The van der Waals surface area contributed by atoms with Crippen LogP contribution in [0.4, 0.5) is 5.69 Å². The van der Waals surface area contributed by atoms with E-state index in [2.05, 4.69) is 46.8 Å². The van der Waals surface area contributed by atoms with Crippen LogP contribution in [0.15, 0.2) is 22.7 Å². The van der Waals surface area contributed by atoms with E-state index in [1.807, 2.05) is 17.8 Å². The lowest BCUT2D eigenvalue weighted by Gasteiger charge is -2.24. The Bertz CT molecular complexity index is 488. The average Bonchev–Trinajstić information content (AvgIpc) is 2.49. The van der Waals surface area contributed by atoms with Gasteiger partial charge in [0.2, 0.25) is 0 Å². The summed E-state index contributed by atoms with van der Waals surface area (Å²) in [6.45, 7) is 6.78. The van der Waals surface area contributed by atoms with E-state index in [9.17, 15) is 0 Å². The first-order valence-corrected chi connectivity index (χ1v) is 8.20. The summed E-state index contributed by atoms with van der Waals surface area (Å²) in [6.07, 6.45) is 1.18. The molecule has 0 unspecified atom stereocenters. The van der Waals surface area contributed by atoms with Gasteiger partial charge < -0.3 is 10.6 Å². The molecule has 0 bridgehead atoms. The Hall–Kier alpha value is -0.680. The fourth-order valence-corrected chi connectivity index (χ4v) is 3.88. The minimum Gasteiger partial charge on any atom is -0.384 e. The predicted octanol–water partition coefficient (Wildman–Crippen LogP) is 3.46. The number of thioether (sulfide) groups is 1. The number of amidine groups is 1. The van der Waals surface area contributed by atoms with E-state index in [1.165, 1.54) is 12.1 Å². The molecule has 1 heterocycles. The summed E-state index contributed by atoms with van der Waals surface area (Å²) in [6, 6.07) is 6.05. The highest BCUT2D eigenvalue weighted by Gasteiger charge is 2.23. The Morgan fingerprint density at radius 2 is 2.16 bits per heavy atom. The first kappa shape index (κ1) is 14.7. The Kier molecular flexibility index (Phi) is 4.46. The summed E-state index contributed by atoms with van der Waals surface area (Å²) < 4.78 is 1.26. The smallest absolute Gasteiger partial charge is 0.123 e. The molecule has 0 amide bonds. The second-order valence-corrected chi connectivity index (χ2v) is 8.08. The first-order chi connectivity index (χ1) is 8.89. The Balaban J connectivity index is 2.18. The zero-order valence-electron chi connectivity index (χ0n) is 11.4. The van der Waals surface area contributed by atoms with E-state index in [-0.39, 0.29) is 5.84 Å². The van der Waals surface area contributed by atoms with Crippen LogP contribution in [0.1, 0.15) is 25.8 Å². The van der Waals surface area contributed by atoms with Gasteiger partial charge in [-0.3, -0.25) is 5.41 Å². The molecule has 2 rings (SSSR count). The van der Waals surface area contributed by atoms with Gasteiger partial charge >= 0.3 is 0 Å². The van der Waals surface area contributed by atoms with Crippen LogP contribution < -0.4 is 10.6 Å². The SMILES string of the molecule is CC1(C)CCN(c2ccc(C(=N)N)c(Br)c2)CCS1. The predicted molar refractivity (Wildman–Crippen MR) is 88.5 cm³/mol. The molecule has 1 fully saturated rings. The normalized spacial score (nSPS) is 19.0. The molecular formula is C14H20BrN3S. The highest BCUT2D eigenvalue weighted by Crippen LogP contribution is 2.33. The van der Waals surface area contributed by atoms with Crippen molar-refractivity contribution >= 4 is 39.2 Å². The van der Waals surface area contributed by atoms with Gasteiger partial charge in [-0.25, -0.2) is 0 Å². The number of nitrogens with two attached hydrogens (primary N) is 1. The van der Waals surface area contributed by atoms with Gasteiger partial charge in [-0.15, -0.1) is 0 Å². The van der Waals surface area contributed by atoms with Crippen molar-refractivity contribution in [3.8, 4) is 0 Å². The molecule has 3 nitrogen and oxygen atoms in total. The van der Waals surface area contributed by atoms with Crippen molar-refractivity contribution in [2.75, 3.05) is 23.7 Å². The lowest BCUT2D eigenvalue weighted by Crippen LogP contribution is -2.27. The van der Waals surface area contributed by atoms with Crippen LogP contribution >= 0.6 is 27.7 Å². The van der Waals surface area contributed by atoms with E-state index in [0.717, 1.165) is 28.9 Å². The maximum Gasteiger partial charge on any atom is 0.123 e. The fraction of sp³-hybridized carbons (Fsp3) is 0.500. The number of hydrogen-bond donors (Lipinski definition) is 2. The minimum atomic E-state index is 0.103. The van der Waals surface area contributed by atoms with Gasteiger partial charge in [-0.05, 0) is 40.5 Å². The van der Waals surface area contributed by atoms with Gasteiger partial charge in [0.25, 0.3) is 0 Å². The zero-order valence-corrected chi connectivity index (χ0v) is 13.8. The molecule has 1 aromatic rings. The maximum atomic E-state index is 7.51. The molecule has 0 radical (unpaired) electrons. The molecular weight excluding hydrogens is 322 g/mol. The van der Waals surface area contributed by atoms with E-state index in [4.69, 9.17) is 11.1 Å². The van der Waals surface area contributed by atoms with Crippen molar-refractivity contribution in [1.82, 2.24) is 0 Å². The molecule has 0 atom stereocenters. The zero-order chi connectivity index (χ0) is 14.0. The fourth-order valence-electron chi connectivity index (χ4n) is 2.20. The van der Waals surface area contributed by atoms with Crippen LogP contribution in [0.5, 0.6) is 0 Å². The third-order valence-electron chi connectivity index (χ3n) is 3.45. The number of benzene rings is 1. The van der Waals surface area contributed by atoms with E-state index >= 15 is 0 Å². The number of nitrogens with one attached hydrogen (secondary N) is 1. The van der Waals surface area contributed by atoms with Gasteiger partial charge in [0.05, 0.1) is 0 Å². The summed E-state index contributed by atoms with van der Waals surface area (Å²) in [5, 5.41) is 7.51. The van der Waals surface area contributed by atoms with Crippen molar-refractivity contribution in [3.63, 3.8) is 0 Å². The quantitative estimate of drug-likeness (QED) is 0.639. The standard InChI is InChI=1S/C14H20BrN3S/c1-14(2)5-6-18(7-8-19-14)10-3-4-11(13(16)17)12(15)9-10/h3-4,9H,5-8H2,1-2H3,(H3,16,17). The highest BCUT2D eigenvalue weighted by molar-refractivity contribution is 9.10. The number of anilines is 1. The second kappa shape index (κ2) is 5.75. The summed E-state index contributed by atoms with van der Waals surface area (Å²) in [5.41, 5.74) is 7.50. The van der Waals surface area contributed by atoms with E-state index < -0.39 is 0 Å². The van der Waals surface area contributed by atoms with Gasteiger partial charge in [-0.2, -0.15) is 11.8 Å². The van der Waals surface area contributed by atoms with Gasteiger partial charge in [0.1, 0.15) is 5.84 Å². The number of nitrogen functional groups attached to an aromatic ring is 1. The molecule has 1 aromatic carbocycles. The average molecular weight is 342 g/mol. The summed E-state index contributed by atoms with van der Waals surface area (Å²) in [7, 11) is 0. The molecule has 3 N–H and O–H groups in total. The molecule has 1 saturated heterocycles. The van der Waals surface area contributed by atoms with Crippen LogP contribution in [0.25, 0.3) is 0 Å². The molecule has 0 spiro atoms. The summed E-state index contributed by atoms with van der Waals surface area (Å²) >= 11 is 5.55. The van der Waals surface area contributed by atoms with Crippen LogP contribution in [-0.4, -0.2) is 29.4 Å². The Morgan fingerprint density at radius 1 is 1.42 bits per heavy atom. The molecule has 5 heteroatoms. The number of halogens is 1. The Morgan fingerprint density at radius 3 is 2.79 bits per heavy atom. The van der Waals surface area contributed by atoms with Gasteiger partial charge in [0, 0.05) is 39.3 Å². The lowest BCUT2D eigenvalue weighted by atomic mass is 10.1. The van der Waals surface area contributed by atoms with Gasteiger partial charge in [0.15, 0.2) is 0 Å². The molecule has 1 aliphatic rings. The van der Waals surface area contributed by atoms with Crippen LogP contribution in [0.2, 0.25) is 0 Å². The number of hydrogen-bond acceptors (Lipinski definition) is 3. The van der Waals surface area contributed by atoms with Gasteiger partial charge in [-0.1, -0.05) is 13.8 Å². The van der Waals surface area contributed by atoms with Crippen LogP contribution in [0.3, 0.4) is 0 Å². The second-order valence-electron chi connectivity index (χ2n) is 5.42. The molecule has 0 saturated carbocycles. The minimum absolute atomic E-state index is 0.103. The lowest BCUT2D eigenvalue weighted by molar-refractivity contribution is 0.638. The van der Waals surface area contributed by atoms with Crippen molar-refractivity contribution in [2.45, 2.75) is 25.0 Å². The van der Waals surface area contributed by atoms with Crippen molar-refractivity contribution in [3.05, 3.63) is 28.2 Å².